The molecule has 1 unspecified atom stereocenters. The Bertz CT molecular complexity index is 460. The van der Waals surface area contributed by atoms with Crippen molar-refractivity contribution in [2.45, 2.75) is 45.7 Å². The number of hydrogen-bond acceptors (Lipinski definition) is 4. The average Bonchev–Trinajstić information content (AvgIpc) is 2.87. The van der Waals surface area contributed by atoms with Gasteiger partial charge in [0.2, 0.25) is 5.91 Å². The summed E-state index contributed by atoms with van der Waals surface area (Å²) < 4.78 is 1.82. The van der Waals surface area contributed by atoms with Crippen molar-refractivity contribution >= 4 is 11.7 Å². The number of nitrogens with two attached hydrogens (primary N) is 1. The first kappa shape index (κ1) is 16.0. The zero-order valence-corrected chi connectivity index (χ0v) is 13.2. The highest BCUT2D eigenvalue weighted by atomic mass is 16.2. The van der Waals surface area contributed by atoms with Crippen LogP contribution in [0.2, 0.25) is 0 Å². The maximum Gasteiger partial charge on any atom is 0.239 e. The molecule has 0 aliphatic carbocycles. The second kappa shape index (κ2) is 7.04. The maximum absolute atomic E-state index is 12.2. The summed E-state index contributed by atoms with van der Waals surface area (Å²) in [6.45, 7) is 8.49. The molecular weight excluding hydrogens is 266 g/mol. The average molecular weight is 293 g/mol. The third-order valence-electron chi connectivity index (χ3n) is 4.17. The molecule has 2 rings (SSSR count). The van der Waals surface area contributed by atoms with E-state index in [1.165, 1.54) is 0 Å². The minimum absolute atomic E-state index is 0.0247. The molecule has 0 aromatic carbocycles. The van der Waals surface area contributed by atoms with Gasteiger partial charge >= 0.3 is 0 Å². The second-order valence-corrected chi connectivity index (χ2v) is 6.28. The molecule has 118 valence electrons. The Morgan fingerprint density at radius 3 is 2.67 bits per heavy atom. The molecule has 1 aliphatic rings. The minimum Gasteiger partial charge on any atom is -0.328 e. The number of piperidine rings is 1. The Hall–Kier alpha value is -1.40. The predicted octanol–water partition coefficient (Wildman–Crippen LogP) is 1.46. The summed E-state index contributed by atoms with van der Waals surface area (Å²) in [5, 5.41) is 7.17. The van der Waals surface area contributed by atoms with E-state index >= 15 is 0 Å². The van der Waals surface area contributed by atoms with Crippen molar-refractivity contribution in [1.29, 1.82) is 0 Å². The smallest absolute Gasteiger partial charge is 0.239 e. The number of amides is 1. The number of nitrogens with one attached hydrogen (secondary N) is 1. The van der Waals surface area contributed by atoms with Gasteiger partial charge in [0.25, 0.3) is 0 Å². The van der Waals surface area contributed by atoms with E-state index < -0.39 is 0 Å². The van der Waals surface area contributed by atoms with Crippen LogP contribution in [0.5, 0.6) is 0 Å². The topological polar surface area (TPSA) is 76.2 Å². The lowest BCUT2D eigenvalue weighted by molar-refractivity contribution is -0.117. The summed E-state index contributed by atoms with van der Waals surface area (Å²) in [6, 6.07) is 2.32. The summed E-state index contributed by atoms with van der Waals surface area (Å²) in [7, 11) is 0. The van der Waals surface area contributed by atoms with Gasteiger partial charge in [0, 0.05) is 18.2 Å². The molecule has 3 N–H and O–H groups in total. The van der Waals surface area contributed by atoms with Gasteiger partial charge in [0.05, 0.1) is 12.7 Å². The predicted molar refractivity (Wildman–Crippen MR) is 84.1 cm³/mol. The minimum atomic E-state index is 0.0247. The highest BCUT2D eigenvalue weighted by molar-refractivity contribution is 5.91. The van der Waals surface area contributed by atoms with Crippen LogP contribution in [-0.4, -0.2) is 46.3 Å². The second-order valence-electron chi connectivity index (χ2n) is 6.28. The van der Waals surface area contributed by atoms with Crippen molar-refractivity contribution in [2.75, 3.05) is 25.0 Å². The van der Waals surface area contributed by atoms with E-state index in [4.69, 9.17) is 5.73 Å². The summed E-state index contributed by atoms with van der Waals surface area (Å²) in [5.41, 5.74) is 5.94. The molecule has 1 saturated heterocycles. The lowest BCUT2D eigenvalue weighted by Gasteiger charge is -2.33. The van der Waals surface area contributed by atoms with E-state index in [1.54, 1.807) is 6.20 Å². The van der Waals surface area contributed by atoms with Crippen molar-refractivity contribution in [2.24, 2.45) is 11.7 Å². The molecular formula is C15H27N5O. The van der Waals surface area contributed by atoms with Crippen LogP contribution in [0.3, 0.4) is 0 Å². The van der Waals surface area contributed by atoms with Crippen molar-refractivity contribution < 1.29 is 4.79 Å². The zero-order valence-electron chi connectivity index (χ0n) is 13.2. The van der Waals surface area contributed by atoms with Gasteiger partial charge in [-0.25, -0.2) is 4.68 Å². The normalized spacial score (nSPS) is 18.9. The fourth-order valence-electron chi connectivity index (χ4n) is 2.85. The Labute approximate surface area is 126 Å². The lowest BCUT2D eigenvalue weighted by atomic mass is 9.91. The van der Waals surface area contributed by atoms with Gasteiger partial charge in [-0.3, -0.25) is 9.69 Å². The molecule has 1 aromatic rings. The van der Waals surface area contributed by atoms with Gasteiger partial charge in [0.1, 0.15) is 5.82 Å². The SMILES string of the molecule is CC(N)C1CCN(CC(=O)Nc2ccnn2C(C)C)CC1. The first-order valence-corrected chi connectivity index (χ1v) is 7.78. The fraction of sp³-hybridized carbons (Fsp3) is 0.733. The van der Waals surface area contributed by atoms with Gasteiger partial charge in [-0.2, -0.15) is 5.10 Å². The molecule has 1 aromatic heterocycles. The molecule has 0 radical (unpaired) electrons. The first-order chi connectivity index (χ1) is 9.97. The Kier molecular flexibility index (Phi) is 5.36. The van der Waals surface area contributed by atoms with Crippen LogP contribution in [-0.2, 0) is 4.79 Å². The van der Waals surface area contributed by atoms with Crippen molar-refractivity contribution in [3.8, 4) is 0 Å². The number of carbonyl (C=O) groups is 1. The summed E-state index contributed by atoms with van der Waals surface area (Å²) in [4.78, 5) is 14.3. The Morgan fingerprint density at radius 2 is 2.10 bits per heavy atom. The van der Waals surface area contributed by atoms with Crippen molar-refractivity contribution in [3.05, 3.63) is 12.3 Å². The van der Waals surface area contributed by atoms with Crippen LogP contribution in [0.25, 0.3) is 0 Å². The summed E-state index contributed by atoms with van der Waals surface area (Å²) in [6.07, 6.45) is 3.87. The lowest BCUT2D eigenvalue weighted by Crippen LogP contribution is -2.42. The molecule has 1 aliphatic heterocycles. The molecule has 1 fully saturated rings. The number of likely N-dealkylation sites (tertiary alicyclic amines) is 1. The molecule has 0 spiro atoms. The van der Waals surface area contributed by atoms with Gasteiger partial charge in [-0.15, -0.1) is 0 Å². The number of carbonyl (C=O) groups excluding carboxylic acids is 1. The highest BCUT2D eigenvalue weighted by Crippen LogP contribution is 2.19. The molecule has 2 heterocycles. The van der Waals surface area contributed by atoms with Gasteiger partial charge in [0.15, 0.2) is 0 Å². The van der Waals surface area contributed by atoms with Crippen LogP contribution in [0.4, 0.5) is 5.82 Å². The zero-order chi connectivity index (χ0) is 15.4. The van der Waals surface area contributed by atoms with Gasteiger partial charge in [-0.05, 0) is 52.6 Å². The monoisotopic (exact) mass is 293 g/mol. The van der Waals surface area contributed by atoms with Crippen LogP contribution in [0.1, 0.15) is 39.7 Å². The number of rotatable bonds is 5. The first-order valence-electron chi connectivity index (χ1n) is 7.78. The van der Waals surface area contributed by atoms with Crippen LogP contribution in [0.15, 0.2) is 12.3 Å². The third-order valence-corrected chi connectivity index (χ3v) is 4.17. The van der Waals surface area contributed by atoms with Gasteiger partial charge < -0.3 is 11.1 Å². The quantitative estimate of drug-likeness (QED) is 0.862. The van der Waals surface area contributed by atoms with E-state index in [1.807, 2.05) is 24.6 Å². The van der Waals surface area contributed by atoms with Crippen LogP contribution < -0.4 is 11.1 Å². The molecule has 1 atom stereocenters. The van der Waals surface area contributed by atoms with E-state index in [-0.39, 0.29) is 18.0 Å². The van der Waals surface area contributed by atoms with E-state index in [9.17, 15) is 4.79 Å². The highest BCUT2D eigenvalue weighted by Gasteiger charge is 2.23. The molecule has 0 bridgehead atoms. The van der Waals surface area contributed by atoms with Crippen LogP contribution in [0, 0.1) is 5.92 Å². The molecule has 6 nitrogen and oxygen atoms in total. The van der Waals surface area contributed by atoms with E-state index in [2.05, 4.69) is 22.2 Å². The fourth-order valence-corrected chi connectivity index (χ4v) is 2.85. The molecule has 1 amide bonds. The van der Waals surface area contributed by atoms with Crippen molar-refractivity contribution in [3.63, 3.8) is 0 Å². The molecule has 21 heavy (non-hydrogen) atoms. The van der Waals surface area contributed by atoms with E-state index in [0.717, 1.165) is 31.7 Å². The number of anilines is 1. The number of aromatic nitrogens is 2. The number of nitrogens with zero attached hydrogens (tertiary/aromatic N) is 3. The maximum atomic E-state index is 12.2. The third kappa shape index (κ3) is 4.28. The van der Waals surface area contributed by atoms with E-state index in [0.29, 0.717) is 12.5 Å². The summed E-state index contributed by atoms with van der Waals surface area (Å²) in [5.74, 6) is 1.38. The van der Waals surface area contributed by atoms with Gasteiger partial charge in [-0.1, -0.05) is 0 Å². The van der Waals surface area contributed by atoms with Crippen LogP contribution >= 0.6 is 0 Å². The largest absolute Gasteiger partial charge is 0.328 e. The Balaban J connectivity index is 1.81. The molecule has 0 saturated carbocycles. The summed E-state index contributed by atoms with van der Waals surface area (Å²) >= 11 is 0. The number of hydrogen-bond donors (Lipinski definition) is 2. The Morgan fingerprint density at radius 1 is 1.43 bits per heavy atom. The standard InChI is InChI=1S/C15H27N5O/c1-11(2)20-14(4-7-17-20)18-15(21)10-19-8-5-13(6-9-19)12(3)16/h4,7,11-13H,5-6,8-10,16H2,1-3H3,(H,18,21). The molecule has 6 heteroatoms. The van der Waals surface area contributed by atoms with Crippen molar-refractivity contribution in [1.82, 2.24) is 14.7 Å².